The normalized spacial score (nSPS) is 10.9. The number of benzene rings is 1. The van der Waals surface area contributed by atoms with Gasteiger partial charge >= 0.3 is 0 Å². The van der Waals surface area contributed by atoms with Crippen molar-refractivity contribution in [3.63, 3.8) is 0 Å². The maximum Gasteiger partial charge on any atom is 0.293 e. The fourth-order valence-electron chi connectivity index (χ4n) is 2.37. The van der Waals surface area contributed by atoms with Gasteiger partial charge in [-0.15, -0.1) is 5.10 Å². The first-order chi connectivity index (χ1) is 11.7. The van der Waals surface area contributed by atoms with E-state index in [0.29, 0.717) is 25.4 Å². The van der Waals surface area contributed by atoms with Crippen LogP contribution < -0.4 is 5.73 Å². The number of amides is 1. The van der Waals surface area contributed by atoms with Crippen LogP contribution in [0.1, 0.15) is 16.2 Å². The van der Waals surface area contributed by atoms with E-state index in [2.05, 4.69) is 31.0 Å². The summed E-state index contributed by atoms with van der Waals surface area (Å²) >= 11 is 3.32. The van der Waals surface area contributed by atoms with Gasteiger partial charge in [-0.3, -0.25) is 4.79 Å². The summed E-state index contributed by atoms with van der Waals surface area (Å²) in [5.41, 5.74) is 6.82. The number of hydrogen-bond acceptors (Lipinski definition) is 5. The quantitative estimate of drug-likeness (QED) is 0.691. The molecule has 0 fully saturated rings. The van der Waals surface area contributed by atoms with Crippen molar-refractivity contribution in [1.82, 2.24) is 24.5 Å². The topological polar surface area (TPSA) is 89.4 Å². The Kier molecular flexibility index (Phi) is 5.17. The molecule has 2 heterocycles. The second-order valence-corrected chi connectivity index (χ2v) is 6.18. The van der Waals surface area contributed by atoms with Crippen LogP contribution >= 0.6 is 15.9 Å². The molecule has 0 bridgehead atoms. The Labute approximate surface area is 147 Å². The van der Waals surface area contributed by atoms with Gasteiger partial charge in [0.2, 0.25) is 5.82 Å². The smallest absolute Gasteiger partial charge is 0.293 e. The average molecular weight is 389 g/mol. The number of carbonyl (C=O) groups excluding carboxylic acids is 1. The van der Waals surface area contributed by atoms with Crippen LogP contribution in [0, 0.1) is 0 Å². The highest BCUT2D eigenvalue weighted by Crippen LogP contribution is 2.09. The molecule has 1 amide bonds. The van der Waals surface area contributed by atoms with Crippen LogP contribution in [0.25, 0.3) is 5.78 Å². The van der Waals surface area contributed by atoms with E-state index >= 15 is 0 Å². The van der Waals surface area contributed by atoms with Crippen LogP contribution in [0.4, 0.5) is 0 Å². The van der Waals surface area contributed by atoms with Crippen molar-refractivity contribution in [3.05, 3.63) is 58.6 Å². The Morgan fingerprint density at radius 2 is 2.04 bits per heavy atom. The molecule has 0 aliphatic heterocycles. The zero-order valence-electron chi connectivity index (χ0n) is 13.0. The molecule has 3 rings (SSSR count). The number of nitrogens with zero attached hydrogens (tertiary/aromatic N) is 5. The molecule has 0 saturated heterocycles. The van der Waals surface area contributed by atoms with E-state index in [-0.39, 0.29) is 11.7 Å². The van der Waals surface area contributed by atoms with Crippen molar-refractivity contribution in [1.29, 1.82) is 0 Å². The first-order valence-corrected chi connectivity index (χ1v) is 8.38. The van der Waals surface area contributed by atoms with E-state index in [1.807, 2.05) is 30.3 Å². The first-order valence-electron chi connectivity index (χ1n) is 7.58. The van der Waals surface area contributed by atoms with Crippen LogP contribution in [-0.4, -0.2) is 50.0 Å². The zero-order chi connectivity index (χ0) is 16.9. The zero-order valence-corrected chi connectivity index (χ0v) is 14.6. The van der Waals surface area contributed by atoms with Crippen LogP contribution in [-0.2, 0) is 6.42 Å². The van der Waals surface area contributed by atoms with Crippen molar-refractivity contribution in [3.8, 4) is 0 Å². The van der Waals surface area contributed by atoms with Crippen LogP contribution in [0.15, 0.2) is 47.2 Å². The summed E-state index contributed by atoms with van der Waals surface area (Å²) in [6, 6.07) is 10.0. The van der Waals surface area contributed by atoms with Gasteiger partial charge < -0.3 is 10.6 Å². The predicted octanol–water partition coefficient (Wildman–Crippen LogP) is 1.53. The van der Waals surface area contributed by atoms with Crippen molar-refractivity contribution < 1.29 is 4.79 Å². The third kappa shape index (κ3) is 3.77. The summed E-state index contributed by atoms with van der Waals surface area (Å²) < 4.78 is 2.25. The maximum atomic E-state index is 12.7. The van der Waals surface area contributed by atoms with Gasteiger partial charge in [-0.2, -0.15) is 4.98 Å². The molecule has 8 heteroatoms. The lowest BCUT2D eigenvalue weighted by molar-refractivity contribution is 0.0750. The monoisotopic (exact) mass is 388 g/mol. The van der Waals surface area contributed by atoms with E-state index in [9.17, 15) is 4.79 Å². The van der Waals surface area contributed by atoms with Crippen molar-refractivity contribution in [2.24, 2.45) is 5.73 Å². The van der Waals surface area contributed by atoms with Gasteiger partial charge in [-0.1, -0.05) is 30.3 Å². The van der Waals surface area contributed by atoms with Crippen LogP contribution in [0.5, 0.6) is 0 Å². The Morgan fingerprint density at radius 1 is 1.25 bits per heavy atom. The average Bonchev–Trinajstić information content (AvgIpc) is 3.02. The van der Waals surface area contributed by atoms with Gasteiger partial charge in [0.05, 0.1) is 4.47 Å². The minimum atomic E-state index is -0.238. The third-order valence-corrected chi connectivity index (χ3v) is 3.96. The summed E-state index contributed by atoms with van der Waals surface area (Å²) in [6.45, 7) is 1.41. The molecular weight excluding hydrogens is 372 g/mol. The molecule has 2 aromatic heterocycles. The second kappa shape index (κ2) is 7.50. The molecule has 0 atom stereocenters. The molecule has 7 nitrogen and oxygen atoms in total. The minimum absolute atomic E-state index is 0.127. The van der Waals surface area contributed by atoms with Gasteiger partial charge in [0.25, 0.3) is 11.7 Å². The molecular formula is C16H17BrN6O. The van der Waals surface area contributed by atoms with Gasteiger partial charge in [0.15, 0.2) is 0 Å². The summed E-state index contributed by atoms with van der Waals surface area (Å²) in [6.07, 6.45) is 4.08. The standard InChI is InChI=1S/C16H17BrN6O/c17-13-10-19-16-20-14(21-23(16)11-13)15(24)22(9-7-18)8-6-12-4-2-1-3-5-12/h1-5,10-11H,6-9,18H2. The molecule has 124 valence electrons. The number of aromatic nitrogens is 4. The highest BCUT2D eigenvalue weighted by Gasteiger charge is 2.20. The number of nitrogens with two attached hydrogens (primary N) is 1. The van der Waals surface area contributed by atoms with E-state index in [1.165, 1.54) is 10.1 Å². The van der Waals surface area contributed by atoms with Crippen LogP contribution in [0.3, 0.4) is 0 Å². The summed E-state index contributed by atoms with van der Waals surface area (Å²) in [5, 5.41) is 4.21. The molecule has 0 radical (unpaired) electrons. The van der Waals surface area contributed by atoms with Crippen LogP contribution in [0.2, 0.25) is 0 Å². The molecule has 3 aromatic rings. The van der Waals surface area contributed by atoms with Gasteiger partial charge in [0.1, 0.15) is 0 Å². The predicted molar refractivity (Wildman–Crippen MR) is 93.6 cm³/mol. The number of hydrogen-bond donors (Lipinski definition) is 1. The molecule has 0 spiro atoms. The van der Waals surface area contributed by atoms with E-state index in [1.54, 1.807) is 17.3 Å². The molecule has 2 N–H and O–H groups in total. The Balaban J connectivity index is 1.77. The molecule has 0 unspecified atom stereocenters. The fourth-order valence-corrected chi connectivity index (χ4v) is 2.67. The lowest BCUT2D eigenvalue weighted by atomic mass is 10.1. The minimum Gasteiger partial charge on any atom is -0.334 e. The first kappa shape index (κ1) is 16.5. The number of fused-ring (bicyclic) bond motifs is 1. The molecule has 0 saturated carbocycles. The SMILES string of the molecule is NCCN(CCc1ccccc1)C(=O)c1nc2ncc(Br)cn2n1. The number of carbonyl (C=O) groups is 1. The van der Waals surface area contributed by atoms with Crippen molar-refractivity contribution >= 4 is 27.6 Å². The van der Waals surface area contributed by atoms with E-state index in [4.69, 9.17) is 5.73 Å². The second-order valence-electron chi connectivity index (χ2n) is 5.27. The van der Waals surface area contributed by atoms with Gasteiger partial charge in [-0.25, -0.2) is 9.50 Å². The Hall–Kier alpha value is -2.32. The summed E-state index contributed by atoms with van der Waals surface area (Å²) in [4.78, 5) is 22.7. The van der Waals surface area contributed by atoms with E-state index in [0.717, 1.165) is 10.9 Å². The number of rotatable bonds is 6. The van der Waals surface area contributed by atoms with E-state index < -0.39 is 0 Å². The summed E-state index contributed by atoms with van der Waals surface area (Å²) in [7, 11) is 0. The third-order valence-electron chi connectivity index (χ3n) is 3.55. The molecule has 24 heavy (non-hydrogen) atoms. The lowest BCUT2D eigenvalue weighted by Crippen LogP contribution is -2.37. The highest BCUT2D eigenvalue weighted by atomic mass is 79.9. The highest BCUT2D eigenvalue weighted by molar-refractivity contribution is 9.10. The molecule has 1 aromatic carbocycles. The molecule has 0 aliphatic rings. The van der Waals surface area contributed by atoms with Gasteiger partial charge in [-0.05, 0) is 27.9 Å². The van der Waals surface area contributed by atoms with Crippen molar-refractivity contribution in [2.75, 3.05) is 19.6 Å². The Bertz CT molecular complexity index is 835. The largest absolute Gasteiger partial charge is 0.334 e. The number of halogens is 1. The van der Waals surface area contributed by atoms with Crippen molar-refractivity contribution in [2.45, 2.75) is 6.42 Å². The van der Waals surface area contributed by atoms with Gasteiger partial charge in [0, 0.05) is 32.0 Å². The summed E-state index contributed by atoms with van der Waals surface area (Å²) in [5.74, 6) is 0.275. The Morgan fingerprint density at radius 3 is 2.79 bits per heavy atom. The lowest BCUT2D eigenvalue weighted by Gasteiger charge is -2.20. The maximum absolute atomic E-state index is 12.7. The fraction of sp³-hybridized carbons (Fsp3) is 0.250. The molecule has 0 aliphatic carbocycles.